The third kappa shape index (κ3) is 5.37. The van der Waals surface area contributed by atoms with Gasteiger partial charge in [0.05, 0.1) is 22.7 Å². The van der Waals surface area contributed by atoms with Crippen molar-refractivity contribution in [3.8, 4) is 17.1 Å². The molecule has 1 aliphatic heterocycles. The number of likely N-dealkylation sites (tertiary alicyclic amines) is 1. The molecule has 1 N–H and O–H groups in total. The lowest BCUT2D eigenvalue weighted by Crippen LogP contribution is -2.37. The van der Waals surface area contributed by atoms with E-state index in [-0.39, 0.29) is 23.1 Å². The predicted octanol–water partition coefficient (Wildman–Crippen LogP) is 7.15. The molecule has 1 aliphatic rings. The van der Waals surface area contributed by atoms with Gasteiger partial charge in [-0.3, -0.25) is 0 Å². The summed E-state index contributed by atoms with van der Waals surface area (Å²) < 4.78 is 50.9. The van der Waals surface area contributed by atoms with Crippen LogP contribution in [0, 0.1) is 12.8 Å². The van der Waals surface area contributed by atoms with Gasteiger partial charge >= 0.3 is 12.3 Å². The number of fused-ring (bicyclic) bond motifs is 3. The van der Waals surface area contributed by atoms with Crippen LogP contribution in [-0.4, -0.2) is 49.8 Å². The van der Waals surface area contributed by atoms with E-state index in [2.05, 4.69) is 9.97 Å². The molecule has 2 aromatic heterocycles. The Morgan fingerprint density at radius 1 is 1.13 bits per heavy atom. The van der Waals surface area contributed by atoms with Crippen molar-refractivity contribution >= 4 is 28.0 Å². The Morgan fingerprint density at radius 2 is 1.85 bits per heavy atom. The molecular formula is C29H31F3N4O3. The van der Waals surface area contributed by atoms with Gasteiger partial charge in [0.2, 0.25) is 0 Å². The van der Waals surface area contributed by atoms with Crippen molar-refractivity contribution in [2.24, 2.45) is 5.92 Å². The third-order valence-corrected chi connectivity index (χ3v) is 7.24. The normalized spacial score (nSPS) is 15.0. The van der Waals surface area contributed by atoms with Crippen molar-refractivity contribution in [1.29, 1.82) is 0 Å². The highest BCUT2D eigenvalue weighted by atomic mass is 19.4. The van der Waals surface area contributed by atoms with Crippen molar-refractivity contribution in [3.05, 3.63) is 53.7 Å². The number of carbonyl (C=O) groups is 1. The molecule has 0 saturated carbocycles. The van der Waals surface area contributed by atoms with Gasteiger partial charge in [0, 0.05) is 25.0 Å². The Labute approximate surface area is 224 Å². The topological polar surface area (TPSA) is 80.5 Å². The average Bonchev–Trinajstić information content (AvgIpc) is 3.25. The molecule has 0 bridgehead atoms. The number of nitrogens with zero attached hydrogens (tertiary/aromatic N) is 4. The number of halogens is 3. The van der Waals surface area contributed by atoms with E-state index in [1.54, 1.807) is 12.1 Å². The van der Waals surface area contributed by atoms with E-state index < -0.39 is 18.0 Å². The van der Waals surface area contributed by atoms with E-state index in [4.69, 9.17) is 4.74 Å². The zero-order valence-corrected chi connectivity index (χ0v) is 22.1. The number of aromatic nitrogens is 3. The van der Waals surface area contributed by atoms with Gasteiger partial charge in [0.15, 0.2) is 5.69 Å². The average molecular weight is 541 g/mol. The maximum absolute atomic E-state index is 14.3. The van der Waals surface area contributed by atoms with Crippen LogP contribution in [0.3, 0.4) is 0 Å². The van der Waals surface area contributed by atoms with Gasteiger partial charge in [-0.2, -0.15) is 13.2 Å². The Hall–Kier alpha value is -3.82. The minimum atomic E-state index is -4.69. The molecule has 39 heavy (non-hydrogen) atoms. The zero-order valence-electron chi connectivity index (χ0n) is 22.1. The number of alkyl halides is 3. The molecule has 4 aromatic rings. The van der Waals surface area contributed by atoms with Gasteiger partial charge in [-0.05, 0) is 69.7 Å². The first kappa shape index (κ1) is 26.8. The molecule has 0 radical (unpaired) electrons. The van der Waals surface area contributed by atoms with Crippen molar-refractivity contribution < 1.29 is 27.8 Å². The summed E-state index contributed by atoms with van der Waals surface area (Å²) >= 11 is 0. The monoisotopic (exact) mass is 540 g/mol. The maximum atomic E-state index is 14.3. The first-order valence-electron chi connectivity index (χ1n) is 13.1. The second kappa shape index (κ2) is 10.4. The third-order valence-electron chi connectivity index (χ3n) is 7.24. The van der Waals surface area contributed by atoms with Crippen LogP contribution in [0.25, 0.3) is 33.3 Å². The number of pyridine rings is 1. The van der Waals surface area contributed by atoms with Crippen LogP contribution in [0.4, 0.5) is 18.0 Å². The molecule has 0 atom stereocenters. The smallest absolute Gasteiger partial charge is 0.435 e. The maximum Gasteiger partial charge on any atom is 0.435 e. The van der Waals surface area contributed by atoms with Crippen LogP contribution in [0.2, 0.25) is 0 Å². The summed E-state index contributed by atoms with van der Waals surface area (Å²) in [5.41, 5.74) is 0.890. The summed E-state index contributed by atoms with van der Waals surface area (Å²) in [6.45, 7) is 6.93. The molecule has 0 spiro atoms. The van der Waals surface area contributed by atoms with Gasteiger partial charge in [0.1, 0.15) is 17.1 Å². The van der Waals surface area contributed by atoms with Gasteiger partial charge in [-0.15, -0.1) is 0 Å². The number of para-hydroxylation sites is 1. The molecule has 2 aromatic carbocycles. The van der Waals surface area contributed by atoms with Crippen molar-refractivity contribution in [1.82, 2.24) is 19.4 Å². The van der Waals surface area contributed by atoms with E-state index in [1.807, 2.05) is 55.7 Å². The van der Waals surface area contributed by atoms with Crippen LogP contribution in [-0.2, 0) is 12.7 Å². The fourth-order valence-corrected chi connectivity index (χ4v) is 5.35. The Bertz CT molecular complexity index is 1520. The summed E-state index contributed by atoms with van der Waals surface area (Å²) in [6.07, 6.45) is -3.67. The molecule has 5 rings (SSSR count). The van der Waals surface area contributed by atoms with Crippen LogP contribution >= 0.6 is 0 Å². The Balaban J connectivity index is 1.69. The molecule has 206 valence electrons. The summed E-state index contributed by atoms with van der Waals surface area (Å²) in [7, 11) is 0. The van der Waals surface area contributed by atoms with Crippen LogP contribution in [0.5, 0.6) is 5.75 Å². The summed E-state index contributed by atoms with van der Waals surface area (Å²) in [5.74, 6) is 1.18. The number of piperidine rings is 1. The number of imidazole rings is 1. The van der Waals surface area contributed by atoms with Gasteiger partial charge in [-0.1, -0.05) is 24.3 Å². The van der Waals surface area contributed by atoms with Gasteiger partial charge in [0.25, 0.3) is 0 Å². The number of hydrogen-bond donors (Lipinski definition) is 1. The Kier molecular flexibility index (Phi) is 7.13. The molecular weight excluding hydrogens is 509 g/mol. The SMILES string of the molecule is Cc1ccc2c(c1)nc(C(F)(F)F)c1nc(-c3ccccc3OC(C)C)n(CCC3CCN(C(=O)O)CC3)c12. The number of ether oxygens (including phenoxy) is 1. The largest absolute Gasteiger partial charge is 0.490 e. The van der Waals surface area contributed by atoms with Crippen molar-refractivity contribution in [2.75, 3.05) is 13.1 Å². The molecule has 0 aliphatic carbocycles. The summed E-state index contributed by atoms with van der Waals surface area (Å²) in [4.78, 5) is 21.4. The summed E-state index contributed by atoms with van der Waals surface area (Å²) in [5, 5.41) is 9.89. The number of hydrogen-bond acceptors (Lipinski definition) is 4. The van der Waals surface area contributed by atoms with Crippen LogP contribution in [0.15, 0.2) is 42.5 Å². The molecule has 7 nitrogen and oxygen atoms in total. The fraction of sp³-hybridized carbons (Fsp3) is 0.414. The molecule has 1 saturated heterocycles. The molecule has 1 amide bonds. The number of aryl methyl sites for hydroxylation is 2. The molecule has 0 unspecified atom stereocenters. The molecule has 3 heterocycles. The Morgan fingerprint density at radius 3 is 2.51 bits per heavy atom. The number of carboxylic acid groups (broad SMARTS) is 1. The second-order valence-corrected chi connectivity index (χ2v) is 10.4. The first-order chi connectivity index (χ1) is 18.5. The quantitative estimate of drug-likeness (QED) is 0.281. The van der Waals surface area contributed by atoms with Crippen molar-refractivity contribution in [2.45, 2.75) is 58.9 Å². The minimum Gasteiger partial charge on any atom is -0.490 e. The van der Waals surface area contributed by atoms with Gasteiger partial charge in [-0.25, -0.2) is 14.8 Å². The van der Waals surface area contributed by atoms with Crippen LogP contribution < -0.4 is 4.74 Å². The lowest BCUT2D eigenvalue weighted by Gasteiger charge is -2.30. The van der Waals surface area contributed by atoms with Gasteiger partial charge < -0.3 is 19.3 Å². The van der Waals surface area contributed by atoms with E-state index in [0.29, 0.717) is 66.9 Å². The van der Waals surface area contributed by atoms with Crippen LogP contribution in [0.1, 0.15) is 44.4 Å². The zero-order chi connectivity index (χ0) is 27.9. The highest BCUT2D eigenvalue weighted by Crippen LogP contribution is 2.41. The number of benzene rings is 2. The molecule has 1 fully saturated rings. The predicted molar refractivity (Wildman–Crippen MR) is 143 cm³/mol. The molecule has 10 heteroatoms. The highest BCUT2D eigenvalue weighted by molar-refractivity contribution is 6.05. The lowest BCUT2D eigenvalue weighted by molar-refractivity contribution is -0.139. The summed E-state index contributed by atoms with van der Waals surface area (Å²) in [6, 6.07) is 12.6. The highest BCUT2D eigenvalue weighted by Gasteiger charge is 2.38. The van der Waals surface area contributed by atoms with E-state index >= 15 is 0 Å². The standard InChI is InChI=1S/C29H31F3N4O3/c1-17(2)39-23-7-5-4-6-21(23)27-34-24-25(36(27)15-12-19-10-13-35(14-11-19)28(37)38)20-9-8-18(3)16-22(20)33-26(24)29(30,31)32/h4-9,16-17,19H,10-15H2,1-3H3,(H,37,38). The first-order valence-corrected chi connectivity index (χ1v) is 13.1. The second-order valence-electron chi connectivity index (χ2n) is 10.4. The number of rotatable bonds is 6. The van der Waals surface area contributed by atoms with Crippen molar-refractivity contribution in [3.63, 3.8) is 0 Å². The van der Waals surface area contributed by atoms with E-state index in [9.17, 15) is 23.1 Å². The minimum absolute atomic E-state index is 0.139. The fourth-order valence-electron chi connectivity index (χ4n) is 5.35. The number of amides is 1. The van der Waals surface area contributed by atoms with E-state index in [1.165, 1.54) is 4.90 Å². The van der Waals surface area contributed by atoms with E-state index in [0.717, 1.165) is 5.56 Å². The lowest BCUT2D eigenvalue weighted by atomic mass is 9.93.